The van der Waals surface area contributed by atoms with Gasteiger partial charge in [0.25, 0.3) is 0 Å². The van der Waals surface area contributed by atoms with E-state index in [2.05, 4.69) is 11.4 Å². The first-order valence-electron chi connectivity index (χ1n) is 7.49. The van der Waals surface area contributed by atoms with Crippen LogP contribution in [0.2, 0.25) is 5.02 Å². The third kappa shape index (κ3) is 3.39. The summed E-state index contributed by atoms with van der Waals surface area (Å²) < 4.78 is 11.3. The summed E-state index contributed by atoms with van der Waals surface area (Å²) in [6.07, 6.45) is 6.04. The predicted octanol–water partition coefficient (Wildman–Crippen LogP) is 3.43. The molecule has 110 valence electrons. The molecule has 2 aliphatic rings. The van der Waals surface area contributed by atoms with Crippen LogP contribution in [-0.4, -0.2) is 26.3 Å². The van der Waals surface area contributed by atoms with E-state index in [1.165, 1.54) is 31.2 Å². The summed E-state index contributed by atoms with van der Waals surface area (Å²) in [5, 5.41) is 4.17. The van der Waals surface area contributed by atoms with E-state index in [0.29, 0.717) is 22.7 Å². The molecule has 1 heterocycles. The van der Waals surface area contributed by atoms with Crippen LogP contribution in [0.3, 0.4) is 0 Å². The van der Waals surface area contributed by atoms with Crippen molar-refractivity contribution in [2.45, 2.75) is 38.1 Å². The molecule has 0 bridgehead atoms. The smallest absolute Gasteiger partial charge is 0.179 e. The maximum Gasteiger partial charge on any atom is 0.179 e. The largest absolute Gasteiger partial charge is 0.493 e. The van der Waals surface area contributed by atoms with Crippen LogP contribution in [0.1, 0.15) is 31.2 Å². The fourth-order valence-electron chi connectivity index (χ4n) is 2.73. The fraction of sp³-hybridized carbons (Fsp3) is 0.625. The van der Waals surface area contributed by atoms with Crippen molar-refractivity contribution in [2.75, 3.05) is 20.3 Å². The molecule has 0 radical (unpaired) electrons. The highest BCUT2D eigenvalue weighted by Crippen LogP contribution is 2.39. The van der Waals surface area contributed by atoms with Gasteiger partial charge in [-0.15, -0.1) is 0 Å². The van der Waals surface area contributed by atoms with Crippen molar-refractivity contribution in [1.82, 2.24) is 5.32 Å². The number of benzene rings is 1. The minimum absolute atomic E-state index is 0.564. The lowest BCUT2D eigenvalue weighted by molar-refractivity contribution is 0.280. The molecule has 1 unspecified atom stereocenters. The van der Waals surface area contributed by atoms with Gasteiger partial charge in [0.05, 0.1) is 18.7 Å². The van der Waals surface area contributed by atoms with Crippen LogP contribution in [-0.2, 0) is 6.42 Å². The van der Waals surface area contributed by atoms with Crippen LogP contribution in [0.5, 0.6) is 11.5 Å². The fourth-order valence-corrected chi connectivity index (χ4v) is 3.02. The van der Waals surface area contributed by atoms with E-state index in [1.54, 1.807) is 7.11 Å². The Balaban J connectivity index is 1.73. The van der Waals surface area contributed by atoms with Crippen LogP contribution in [0, 0.1) is 5.92 Å². The van der Waals surface area contributed by atoms with Gasteiger partial charge in [0.1, 0.15) is 0 Å². The SMILES string of the molecule is COc1cc(CC2CCCN2)cc(Cl)c1OCC1CC1. The van der Waals surface area contributed by atoms with E-state index in [4.69, 9.17) is 21.1 Å². The number of methoxy groups -OCH3 is 1. The monoisotopic (exact) mass is 295 g/mol. The normalized spacial score (nSPS) is 22.0. The summed E-state index contributed by atoms with van der Waals surface area (Å²) >= 11 is 6.38. The predicted molar refractivity (Wildman–Crippen MR) is 81.0 cm³/mol. The summed E-state index contributed by atoms with van der Waals surface area (Å²) in [5.74, 6) is 2.16. The molecule has 1 atom stereocenters. The molecule has 0 amide bonds. The van der Waals surface area contributed by atoms with Gasteiger partial charge in [-0.1, -0.05) is 11.6 Å². The molecule has 3 rings (SSSR count). The van der Waals surface area contributed by atoms with Crippen LogP contribution in [0.15, 0.2) is 12.1 Å². The van der Waals surface area contributed by atoms with Crippen LogP contribution in [0.25, 0.3) is 0 Å². The molecule has 1 aromatic carbocycles. The van der Waals surface area contributed by atoms with Crippen LogP contribution in [0.4, 0.5) is 0 Å². The van der Waals surface area contributed by atoms with E-state index in [1.807, 2.05) is 6.07 Å². The highest BCUT2D eigenvalue weighted by atomic mass is 35.5. The molecular formula is C16H22ClNO2. The zero-order chi connectivity index (χ0) is 13.9. The molecule has 4 heteroatoms. The number of hydrogen-bond donors (Lipinski definition) is 1. The molecule has 1 N–H and O–H groups in total. The molecule has 2 fully saturated rings. The quantitative estimate of drug-likeness (QED) is 0.872. The molecule has 3 nitrogen and oxygen atoms in total. The second kappa shape index (κ2) is 6.23. The molecule has 20 heavy (non-hydrogen) atoms. The van der Waals surface area contributed by atoms with Crippen molar-refractivity contribution < 1.29 is 9.47 Å². The van der Waals surface area contributed by atoms with Gasteiger partial charge in [-0.25, -0.2) is 0 Å². The second-order valence-corrected chi connectivity index (χ2v) is 6.27. The minimum atomic E-state index is 0.564. The second-order valence-electron chi connectivity index (χ2n) is 5.86. The van der Waals surface area contributed by atoms with Gasteiger partial charge in [0.2, 0.25) is 0 Å². The molecule has 0 spiro atoms. The van der Waals surface area contributed by atoms with Gasteiger partial charge >= 0.3 is 0 Å². The van der Waals surface area contributed by atoms with Crippen molar-refractivity contribution >= 4 is 11.6 Å². The highest BCUT2D eigenvalue weighted by molar-refractivity contribution is 6.32. The number of nitrogens with one attached hydrogen (secondary N) is 1. The number of halogens is 1. The lowest BCUT2D eigenvalue weighted by Crippen LogP contribution is -2.23. The van der Waals surface area contributed by atoms with Gasteiger partial charge in [-0.2, -0.15) is 0 Å². The van der Waals surface area contributed by atoms with Crippen molar-refractivity contribution in [3.8, 4) is 11.5 Å². The molecule has 0 aromatic heterocycles. The summed E-state index contributed by atoms with van der Waals surface area (Å²) in [5.41, 5.74) is 1.21. The standard InChI is InChI=1S/C16H22ClNO2/c1-19-15-9-12(7-13-3-2-6-18-13)8-14(17)16(15)20-10-11-4-5-11/h8-9,11,13,18H,2-7,10H2,1H3. The van der Waals surface area contributed by atoms with E-state index in [0.717, 1.165) is 25.3 Å². The summed E-state index contributed by atoms with van der Waals surface area (Å²) in [6.45, 7) is 1.87. The van der Waals surface area contributed by atoms with Gasteiger partial charge in [-0.3, -0.25) is 0 Å². The molecule has 1 aliphatic heterocycles. The summed E-state index contributed by atoms with van der Waals surface area (Å²) in [7, 11) is 1.67. The Bertz CT molecular complexity index is 468. The van der Waals surface area contributed by atoms with Crippen molar-refractivity contribution in [3.63, 3.8) is 0 Å². The topological polar surface area (TPSA) is 30.5 Å². The zero-order valence-electron chi connectivity index (χ0n) is 12.0. The summed E-state index contributed by atoms with van der Waals surface area (Å²) in [4.78, 5) is 0. The first-order valence-corrected chi connectivity index (χ1v) is 7.86. The van der Waals surface area contributed by atoms with Crippen molar-refractivity contribution in [2.24, 2.45) is 5.92 Å². The Hall–Kier alpha value is -0.930. The van der Waals surface area contributed by atoms with Gasteiger partial charge in [-0.05, 0) is 62.3 Å². The average Bonchev–Trinajstić information content (AvgIpc) is 3.13. The number of rotatable bonds is 6. The third-order valence-electron chi connectivity index (χ3n) is 4.09. The Labute approximate surface area is 125 Å². The number of hydrogen-bond acceptors (Lipinski definition) is 3. The van der Waals surface area contributed by atoms with E-state index in [-0.39, 0.29) is 0 Å². The zero-order valence-corrected chi connectivity index (χ0v) is 12.7. The minimum Gasteiger partial charge on any atom is -0.493 e. The highest BCUT2D eigenvalue weighted by Gasteiger charge is 2.24. The van der Waals surface area contributed by atoms with Crippen LogP contribution < -0.4 is 14.8 Å². The summed E-state index contributed by atoms with van der Waals surface area (Å²) in [6, 6.07) is 4.65. The number of ether oxygens (including phenoxy) is 2. The third-order valence-corrected chi connectivity index (χ3v) is 4.37. The maximum atomic E-state index is 6.38. The first kappa shape index (κ1) is 14.0. The maximum absolute atomic E-state index is 6.38. The molecule has 1 aromatic rings. The lowest BCUT2D eigenvalue weighted by Gasteiger charge is -2.16. The van der Waals surface area contributed by atoms with E-state index < -0.39 is 0 Å². The van der Waals surface area contributed by atoms with Gasteiger partial charge < -0.3 is 14.8 Å². The van der Waals surface area contributed by atoms with E-state index >= 15 is 0 Å². The molecule has 1 saturated carbocycles. The Morgan fingerprint density at radius 3 is 2.80 bits per heavy atom. The van der Waals surface area contributed by atoms with Crippen molar-refractivity contribution in [3.05, 3.63) is 22.7 Å². The van der Waals surface area contributed by atoms with Gasteiger partial charge in [0, 0.05) is 6.04 Å². The van der Waals surface area contributed by atoms with Gasteiger partial charge in [0.15, 0.2) is 11.5 Å². The molecule has 1 saturated heterocycles. The molecular weight excluding hydrogens is 274 g/mol. The average molecular weight is 296 g/mol. The van der Waals surface area contributed by atoms with Crippen LogP contribution >= 0.6 is 11.6 Å². The Morgan fingerprint density at radius 2 is 2.15 bits per heavy atom. The lowest BCUT2D eigenvalue weighted by atomic mass is 10.0. The Morgan fingerprint density at radius 1 is 1.30 bits per heavy atom. The first-order chi connectivity index (χ1) is 9.76. The van der Waals surface area contributed by atoms with E-state index in [9.17, 15) is 0 Å². The molecule has 1 aliphatic carbocycles. The Kier molecular flexibility index (Phi) is 4.37. The van der Waals surface area contributed by atoms with Crippen molar-refractivity contribution in [1.29, 1.82) is 0 Å².